The van der Waals surface area contributed by atoms with Crippen molar-refractivity contribution < 1.29 is 4.79 Å². The molecular formula is C12H16O. The molecule has 0 atom stereocenters. The summed E-state index contributed by atoms with van der Waals surface area (Å²) in [6.07, 6.45) is 0.608. The highest BCUT2D eigenvalue weighted by Gasteiger charge is 2.21. The Kier molecular flexibility index (Phi) is 2.86. The predicted molar refractivity (Wildman–Crippen MR) is 54.8 cm³/mol. The summed E-state index contributed by atoms with van der Waals surface area (Å²) in [7, 11) is 0. The van der Waals surface area contributed by atoms with Gasteiger partial charge in [-0.2, -0.15) is 0 Å². The lowest BCUT2D eigenvalue weighted by atomic mass is 9.80. The third-order valence-corrected chi connectivity index (χ3v) is 2.25. The summed E-state index contributed by atoms with van der Waals surface area (Å²) in [5.41, 5.74) is 1.19. The van der Waals surface area contributed by atoms with Gasteiger partial charge in [0.2, 0.25) is 0 Å². The molecule has 0 aliphatic heterocycles. The minimum atomic E-state index is -0.0346. The predicted octanol–water partition coefficient (Wildman–Crippen LogP) is 2.94. The number of hydrogen-bond acceptors (Lipinski definition) is 1. The van der Waals surface area contributed by atoms with E-state index in [4.69, 9.17) is 0 Å². The Morgan fingerprint density at radius 1 is 1.23 bits per heavy atom. The molecule has 0 spiro atoms. The van der Waals surface area contributed by atoms with Crippen LogP contribution in [0.2, 0.25) is 0 Å². The van der Waals surface area contributed by atoms with Crippen molar-refractivity contribution in [3.8, 4) is 0 Å². The van der Waals surface area contributed by atoms with Crippen molar-refractivity contribution in [2.24, 2.45) is 0 Å². The average Bonchev–Trinajstić information content (AvgIpc) is 2.04. The van der Waals surface area contributed by atoms with Gasteiger partial charge in [0.25, 0.3) is 0 Å². The number of carbonyl (C=O) groups is 1. The van der Waals surface area contributed by atoms with Gasteiger partial charge in [-0.1, -0.05) is 44.2 Å². The molecule has 0 saturated carbocycles. The molecule has 13 heavy (non-hydrogen) atoms. The van der Waals surface area contributed by atoms with E-state index in [9.17, 15) is 4.79 Å². The maximum Gasteiger partial charge on any atom is 0.130 e. The summed E-state index contributed by atoms with van der Waals surface area (Å²) in [5.74, 6) is 0.244. The number of rotatable bonds is 3. The van der Waals surface area contributed by atoms with Crippen LogP contribution in [0.25, 0.3) is 0 Å². The first-order valence-corrected chi connectivity index (χ1v) is 4.57. The number of carbonyl (C=O) groups excluding carboxylic acids is 1. The summed E-state index contributed by atoms with van der Waals surface area (Å²) in [6, 6.07) is 10.2. The topological polar surface area (TPSA) is 17.1 Å². The van der Waals surface area contributed by atoms with Crippen LogP contribution in [0.5, 0.6) is 0 Å². The molecule has 1 heteroatoms. The molecule has 0 heterocycles. The lowest BCUT2D eigenvalue weighted by Crippen LogP contribution is -2.20. The van der Waals surface area contributed by atoms with Gasteiger partial charge in [0, 0.05) is 6.42 Å². The Labute approximate surface area is 79.8 Å². The highest BCUT2D eigenvalue weighted by Crippen LogP contribution is 2.26. The van der Waals surface area contributed by atoms with E-state index in [1.54, 1.807) is 6.92 Å². The molecule has 1 aromatic carbocycles. The molecule has 0 unspecified atom stereocenters. The largest absolute Gasteiger partial charge is 0.300 e. The Bertz CT molecular complexity index is 285. The van der Waals surface area contributed by atoms with Crippen LogP contribution >= 0.6 is 0 Å². The van der Waals surface area contributed by atoms with Gasteiger partial charge in [-0.15, -0.1) is 0 Å². The van der Waals surface area contributed by atoms with Gasteiger partial charge in [0.05, 0.1) is 0 Å². The van der Waals surface area contributed by atoms with Gasteiger partial charge in [-0.05, 0) is 17.9 Å². The molecule has 1 nitrogen and oxygen atoms in total. The van der Waals surface area contributed by atoms with Gasteiger partial charge in [0.1, 0.15) is 5.78 Å². The van der Waals surface area contributed by atoms with E-state index in [0.29, 0.717) is 6.42 Å². The van der Waals surface area contributed by atoms with Crippen LogP contribution in [0, 0.1) is 0 Å². The second kappa shape index (κ2) is 3.73. The van der Waals surface area contributed by atoms with Crippen molar-refractivity contribution in [2.75, 3.05) is 0 Å². The monoisotopic (exact) mass is 176 g/mol. The minimum absolute atomic E-state index is 0.0346. The number of ketones is 1. The van der Waals surface area contributed by atoms with Crippen molar-refractivity contribution in [2.45, 2.75) is 32.6 Å². The maximum atomic E-state index is 11.0. The summed E-state index contributed by atoms with van der Waals surface area (Å²) >= 11 is 0. The third kappa shape index (κ3) is 2.69. The zero-order valence-electron chi connectivity index (χ0n) is 8.50. The van der Waals surface area contributed by atoms with E-state index in [1.807, 2.05) is 18.2 Å². The molecular weight excluding hydrogens is 160 g/mol. The van der Waals surface area contributed by atoms with Crippen molar-refractivity contribution in [1.29, 1.82) is 0 Å². The summed E-state index contributed by atoms with van der Waals surface area (Å²) < 4.78 is 0. The molecule has 0 aliphatic carbocycles. The van der Waals surface area contributed by atoms with Crippen LogP contribution in [-0.4, -0.2) is 5.78 Å². The molecule has 0 radical (unpaired) electrons. The van der Waals surface area contributed by atoms with Gasteiger partial charge in [-0.25, -0.2) is 0 Å². The summed E-state index contributed by atoms with van der Waals surface area (Å²) in [6.45, 7) is 5.85. The normalized spacial score (nSPS) is 11.3. The molecule has 1 aromatic rings. The molecule has 0 aromatic heterocycles. The molecule has 0 N–H and O–H groups in total. The Hall–Kier alpha value is -1.11. The first-order valence-electron chi connectivity index (χ1n) is 4.57. The number of benzene rings is 1. The van der Waals surface area contributed by atoms with E-state index in [0.717, 1.165) is 0 Å². The highest BCUT2D eigenvalue weighted by molar-refractivity contribution is 5.77. The number of Topliss-reactive ketones (excluding diaryl/α,β-unsaturated/α-hetero) is 1. The second-order valence-electron chi connectivity index (χ2n) is 4.13. The van der Waals surface area contributed by atoms with E-state index >= 15 is 0 Å². The van der Waals surface area contributed by atoms with Crippen LogP contribution in [-0.2, 0) is 10.2 Å². The van der Waals surface area contributed by atoms with Crippen LogP contribution in [0.1, 0.15) is 32.8 Å². The van der Waals surface area contributed by atoms with Crippen LogP contribution in [0.4, 0.5) is 0 Å². The molecule has 0 saturated heterocycles. The van der Waals surface area contributed by atoms with Crippen LogP contribution in [0.15, 0.2) is 30.3 Å². The van der Waals surface area contributed by atoms with Crippen molar-refractivity contribution in [1.82, 2.24) is 0 Å². The SMILES string of the molecule is CC(=O)CC(C)(C)c1ccccc1. The van der Waals surface area contributed by atoms with Crippen LogP contribution < -0.4 is 0 Å². The third-order valence-electron chi connectivity index (χ3n) is 2.25. The van der Waals surface area contributed by atoms with Gasteiger partial charge < -0.3 is 0 Å². The highest BCUT2D eigenvalue weighted by atomic mass is 16.1. The fourth-order valence-electron chi connectivity index (χ4n) is 1.61. The molecule has 0 fully saturated rings. The van der Waals surface area contributed by atoms with E-state index < -0.39 is 0 Å². The fourth-order valence-corrected chi connectivity index (χ4v) is 1.61. The van der Waals surface area contributed by atoms with E-state index in [1.165, 1.54) is 5.56 Å². The van der Waals surface area contributed by atoms with Crippen molar-refractivity contribution in [3.05, 3.63) is 35.9 Å². The van der Waals surface area contributed by atoms with Gasteiger partial charge >= 0.3 is 0 Å². The lowest BCUT2D eigenvalue weighted by Gasteiger charge is -2.23. The Morgan fingerprint density at radius 2 is 1.77 bits per heavy atom. The smallest absolute Gasteiger partial charge is 0.130 e. The molecule has 0 amide bonds. The van der Waals surface area contributed by atoms with Crippen LogP contribution in [0.3, 0.4) is 0 Å². The lowest BCUT2D eigenvalue weighted by molar-refractivity contribution is -0.118. The zero-order valence-corrected chi connectivity index (χ0v) is 8.50. The Balaban J connectivity index is 2.87. The molecule has 0 aliphatic rings. The van der Waals surface area contributed by atoms with Gasteiger partial charge in [-0.3, -0.25) is 4.79 Å². The van der Waals surface area contributed by atoms with E-state index in [-0.39, 0.29) is 11.2 Å². The Morgan fingerprint density at radius 3 is 2.23 bits per heavy atom. The van der Waals surface area contributed by atoms with Crippen molar-refractivity contribution >= 4 is 5.78 Å². The number of hydrogen-bond donors (Lipinski definition) is 0. The average molecular weight is 176 g/mol. The minimum Gasteiger partial charge on any atom is -0.300 e. The standard InChI is InChI=1S/C12H16O/c1-10(13)9-12(2,3)11-7-5-4-6-8-11/h4-8H,9H2,1-3H3. The second-order valence-corrected chi connectivity index (χ2v) is 4.13. The maximum absolute atomic E-state index is 11.0. The fraction of sp³-hybridized carbons (Fsp3) is 0.417. The first-order chi connectivity index (χ1) is 6.02. The zero-order chi connectivity index (χ0) is 9.90. The van der Waals surface area contributed by atoms with Crippen molar-refractivity contribution in [3.63, 3.8) is 0 Å². The molecule has 70 valence electrons. The molecule has 1 rings (SSSR count). The van der Waals surface area contributed by atoms with E-state index in [2.05, 4.69) is 26.0 Å². The quantitative estimate of drug-likeness (QED) is 0.692. The summed E-state index contributed by atoms with van der Waals surface area (Å²) in [4.78, 5) is 11.0. The first kappa shape index (κ1) is 9.97. The molecule has 0 bridgehead atoms. The van der Waals surface area contributed by atoms with Gasteiger partial charge in [0.15, 0.2) is 0 Å². The summed E-state index contributed by atoms with van der Waals surface area (Å²) in [5, 5.41) is 0.